The van der Waals surface area contributed by atoms with Gasteiger partial charge in [0.15, 0.2) is 5.75 Å². The third kappa shape index (κ3) is 3.41. The fraction of sp³-hybridized carbons (Fsp3) is 0.438. The molecule has 4 nitrogen and oxygen atoms in total. The summed E-state index contributed by atoms with van der Waals surface area (Å²) in [4.78, 5) is 1.27. The lowest BCUT2D eigenvalue weighted by molar-refractivity contribution is 0.400. The van der Waals surface area contributed by atoms with Crippen molar-refractivity contribution in [2.75, 3.05) is 19.9 Å². The van der Waals surface area contributed by atoms with Crippen molar-refractivity contribution >= 4 is 11.8 Å². The van der Waals surface area contributed by atoms with Gasteiger partial charge in [0.2, 0.25) is 0 Å². The summed E-state index contributed by atoms with van der Waals surface area (Å²) in [6, 6.07) is 8.57. The SMILES string of the molecule is CCCNC(c1ccccc1SC)c1c(OC)cnn1C. The van der Waals surface area contributed by atoms with E-state index in [0.717, 1.165) is 24.4 Å². The van der Waals surface area contributed by atoms with Crippen molar-refractivity contribution in [3.8, 4) is 5.75 Å². The summed E-state index contributed by atoms with van der Waals surface area (Å²) in [6.07, 6.45) is 4.96. The van der Waals surface area contributed by atoms with Gasteiger partial charge in [0, 0.05) is 11.9 Å². The average Bonchev–Trinajstić information content (AvgIpc) is 2.89. The van der Waals surface area contributed by atoms with E-state index in [0.29, 0.717) is 0 Å². The van der Waals surface area contributed by atoms with E-state index in [1.165, 1.54) is 10.5 Å². The van der Waals surface area contributed by atoms with Crippen molar-refractivity contribution in [2.24, 2.45) is 7.05 Å². The van der Waals surface area contributed by atoms with Crippen LogP contribution in [0.2, 0.25) is 0 Å². The van der Waals surface area contributed by atoms with E-state index in [9.17, 15) is 0 Å². The zero-order valence-electron chi connectivity index (χ0n) is 13.1. The molecule has 1 aromatic carbocycles. The minimum absolute atomic E-state index is 0.0797. The Morgan fingerprint density at radius 3 is 2.81 bits per heavy atom. The van der Waals surface area contributed by atoms with Crippen LogP contribution in [0.3, 0.4) is 0 Å². The van der Waals surface area contributed by atoms with Crippen LogP contribution < -0.4 is 10.1 Å². The highest BCUT2D eigenvalue weighted by molar-refractivity contribution is 7.98. The molecule has 1 heterocycles. The maximum absolute atomic E-state index is 5.49. The number of thioether (sulfide) groups is 1. The lowest BCUT2D eigenvalue weighted by atomic mass is 10.0. The molecule has 0 radical (unpaired) electrons. The van der Waals surface area contributed by atoms with Crippen molar-refractivity contribution in [1.29, 1.82) is 0 Å². The highest BCUT2D eigenvalue weighted by Gasteiger charge is 2.23. The largest absolute Gasteiger partial charge is 0.493 e. The average molecular weight is 305 g/mol. The summed E-state index contributed by atoms with van der Waals surface area (Å²) in [5, 5.41) is 7.97. The molecule has 1 atom stereocenters. The number of aryl methyl sites for hydroxylation is 1. The van der Waals surface area contributed by atoms with Crippen LogP contribution in [0.15, 0.2) is 35.4 Å². The molecule has 1 N–H and O–H groups in total. The number of ether oxygens (including phenoxy) is 1. The van der Waals surface area contributed by atoms with Gasteiger partial charge in [0.05, 0.1) is 19.3 Å². The lowest BCUT2D eigenvalue weighted by Gasteiger charge is -2.22. The van der Waals surface area contributed by atoms with Crippen molar-refractivity contribution < 1.29 is 4.74 Å². The Labute approximate surface area is 130 Å². The number of hydrogen-bond donors (Lipinski definition) is 1. The second-order valence-corrected chi connectivity index (χ2v) is 5.70. The molecule has 0 aliphatic rings. The van der Waals surface area contributed by atoms with E-state index >= 15 is 0 Å². The predicted octanol–water partition coefficient (Wildman–Crippen LogP) is 3.24. The molecule has 0 fully saturated rings. The van der Waals surface area contributed by atoms with E-state index in [4.69, 9.17) is 4.74 Å². The fourth-order valence-electron chi connectivity index (χ4n) is 2.46. The summed E-state index contributed by atoms with van der Waals surface area (Å²) in [6.45, 7) is 3.12. The van der Waals surface area contributed by atoms with Crippen LogP contribution in [0.1, 0.15) is 30.6 Å². The quantitative estimate of drug-likeness (QED) is 0.797. The molecule has 0 aliphatic heterocycles. The van der Waals surface area contributed by atoms with Crippen LogP contribution in [0.4, 0.5) is 0 Å². The van der Waals surface area contributed by atoms with Gasteiger partial charge < -0.3 is 10.1 Å². The topological polar surface area (TPSA) is 39.1 Å². The van der Waals surface area contributed by atoms with Gasteiger partial charge >= 0.3 is 0 Å². The highest BCUT2D eigenvalue weighted by atomic mass is 32.2. The molecule has 0 saturated heterocycles. The Morgan fingerprint density at radius 1 is 1.38 bits per heavy atom. The Kier molecular flexibility index (Phi) is 5.70. The van der Waals surface area contributed by atoms with Crippen LogP contribution in [-0.2, 0) is 7.05 Å². The minimum atomic E-state index is 0.0797. The second-order valence-electron chi connectivity index (χ2n) is 4.85. The van der Waals surface area contributed by atoms with Crippen LogP contribution in [-0.4, -0.2) is 29.7 Å². The first-order chi connectivity index (χ1) is 10.2. The van der Waals surface area contributed by atoms with Crippen molar-refractivity contribution in [1.82, 2.24) is 15.1 Å². The standard InChI is InChI=1S/C16H23N3OS/c1-5-10-17-15(12-8-6-7-9-14(12)21-4)16-13(20-3)11-18-19(16)2/h6-9,11,15,17H,5,10H2,1-4H3. The molecule has 0 saturated carbocycles. The molecular weight excluding hydrogens is 282 g/mol. The minimum Gasteiger partial charge on any atom is -0.493 e. The maximum atomic E-state index is 5.49. The number of rotatable bonds is 7. The Morgan fingerprint density at radius 2 is 2.14 bits per heavy atom. The summed E-state index contributed by atoms with van der Waals surface area (Å²) >= 11 is 1.76. The summed E-state index contributed by atoms with van der Waals surface area (Å²) in [5.74, 6) is 0.821. The summed E-state index contributed by atoms with van der Waals surface area (Å²) in [7, 11) is 3.65. The molecule has 1 aromatic heterocycles. The van der Waals surface area contributed by atoms with E-state index in [1.807, 2.05) is 11.7 Å². The van der Waals surface area contributed by atoms with E-state index in [1.54, 1.807) is 25.1 Å². The van der Waals surface area contributed by atoms with Gasteiger partial charge in [0.1, 0.15) is 5.69 Å². The molecule has 0 amide bonds. The molecule has 21 heavy (non-hydrogen) atoms. The second kappa shape index (κ2) is 7.52. The number of benzene rings is 1. The van der Waals surface area contributed by atoms with Gasteiger partial charge in [-0.3, -0.25) is 4.68 Å². The molecule has 2 rings (SSSR count). The number of nitrogens with zero attached hydrogens (tertiary/aromatic N) is 2. The van der Waals surface area contributed by atoms with Crippen molar-refractivity contribution in [2.45, 2.75) is 24.3 Å². The van der Waals surface area contributed by atoms with E-state index in [-0.39, 0.29) is 6.04 Å². The summed E-state index contributed by atoms with van der Waals surface area (Å²) < 4.78 is 7.38. The fourth-order valence-corrected chi connectivity index (χ4v) is 3.10. The first kappa shape index (κ1) is 15.9. The zero-order chi connectivity index (χ0) is 15.2. The molecule has 5 heteroatoms. The van der Waals surface area contributed by atoms with E-state index in [2.05, 4.69) is 47.9 Å². The highest BCUT2D eigenvalue weighted by Crippen LogP contribution is 2.34. The van der Waals surface area contributed by atoms with Crippen LogP contribution in [0.5, 0.6) is 5.75 Å². The number of hydrogen-bond acceptors (Lipinski definition) is 4. The number of methoxy groups -OCH3 is 1. The molecule has 0 aliphatic carbocycles. The first-order valence-corrected chi connectivity index (χ1v) is 8.37. The van der Waals surface area contributed by atoms with Gasteiger partial charge in [-0.2, -0.15) is 5.10 Å². The zero-order valence-corrected chi connectivity index (χ0v) is 13.9. The van der Waals surface area contributed by atoms with Gasteiger partial charge in [-0.05, 0) is 30.9 Å². The third-order valence-corrected chi connectivity index (χ3v) is 4.30. The van der Waals surface area contributed by atoms with Crippen molar-refractivity contribution in [3.05, 3.63) is 41.7 Å². The molecule has 2 aromatic rings. The van der Waals surface area contributed by atoms with Gasteiger partial charge in [-0.25, -0.2) is 0 Å². The Balaban J connectivity index is 2.50. The lowest BCUT2D eigenvalue weighted by Crippen LogP contribution is -2.26. The normalized spacial score (nSPS) is 12.4. The van der Waals surface area contributed by atoms with Gasteiger partial charge in [0.25, 0.3) is 0 Å². The molecule has 1 unspecified atom stereocenters. The van der Waals surface area contributed by atoms with Crippen molar-refractivity contribution in [3.63, 3.8) is 0 Å². The third-order valence-electron chi connectivity index (χ3n) is 3.49. The maximum Gasteiger partial charge on any atom is 0.161 e. The Hall–Kier alpha value is -1.46. The Bertz CT molecular complexity index is 583. The van der Waals surface area contributed by atoms with Gasteiger partial charge in [-0.15, -0.1) is 11.8 Å². The monoisotopic (exact) mass is 305 g/mol. The number of nitrogens with one attached hydrogen (secondary N) is 1. The predicted molar refractivity (Wildman–Crippen MR) is 88.1 cm³/mol. The van der Waals surface area contributed by atoms with Crippen LogP contribution in [0, 0.1) is 0 Å². The molecule has 114 valence electrons. The molecule has 0 bridgehead atoms. The van der Waals surface area contributed by atoms with Crippen LogP contribution in [0.25, 0.3) is 0 Å². The summed E-state index contributed by atoms with van der Waals surface area (Å²) in [5.41, 5.74) is 2.33. The number of aromatic nitrogens is 2. The van der Waals surface area contributed by atoms with E-state index < -0.39 is 0 Å². The van der Waals surface area contributed by atoms with Gasteiger partial charge in [-0.1, -0.05) is 25.1 Å². The molecular formula is C16H23N3OS. The molecule has 0 spiro atoms. The first-order valence-electron chi connectivity index (χ1n) is 7.15. The smallest absolute Gasteiger partial charge is 0.161 e. The van der Waals surface area contributed by atoms with Crippen LogP contribution >= 0.6 is 11.8 Å².